The summed E-state index contributed by atoms with van der Waals surface area (Å²) < 4.78 is 36.8. The van der Waals surface area contributed by atoms with E-state index in [-0.39, 0.29) is 5.11 Å². The Balaban J connectivity index is 2.11. The van der Waals surface area contributed by atoms with Gasteiger partial charge in [0.05, 0.1) is 0 Å². The van der Waals surface area contributed by atoms with E-state index in [1.54, 1.807) is 6.07 Å². The Bertz CT molecular complexity index is 574. The van der Waals surface area contributed by atoms with Crippen LogP contribution in [0.3, 0.4) is 0 Å². The molecule has 1 aromatic carbocycles. The average molecular weight is 317 g/mol. The summed E-state index contributed by atoms with van der Waals surface area (Å²) in [5.41, 5.74) is 8.06. The molecule has 0 spiro atoms. The average Bonchev–Trinajstić information content (AvgIpc) is 2.37. The van der Waals surface area contributed by atoms with E-state index in [9.17, 15) is 18.0 Å². The van der Waals surface area contributed by atoms with E-state index in [0.717, 1.165) is 16.8 Å². The summed E-state index contributed by atoms with van der Waals surface area (Å²) >= 11 is 4.79. The molecule has 0 aromatic heterocycles. The smallest absolute Gasteiger partial charge is 0.376 e. The summed E-state index contributed by atoms with van der Waals surface area (Å²) in [6.45, 7) is 0. The van der Waals surface area contributed by atoms with Crippen LogP contribution in [0.4, 0.5) is 18.9 Å². The molecule has 8 heteroatoms. The van der Waals surface area contributed by atoms with Gasteiger partial charge in [-0.25, -0.2) is 0 Å². The van der Waals surface area contributed by atoms with Crippen LogP contribution in [0.25, 0.3) is 0 Å². The highest BCUT2D eigenvalue weighted by atomic mass is 32.1. The number of nitrogens with two attached hydrogens (primary N) is 1. The molecule has 0 radical (unpaired) electrons. The van der Waals surface area contributed by atoms with Crippen LogP contribution in [0.15, 0.2) is 18.2 Å². The van der Waals surface area contributed by atoms with Crippen molar-refractivity contribution >= 4 is 28.9 Å². The Hall–Kier alpha value is -1.83. The topological polar surface area (TPSA) is 67.2 Å². The third-order valence-electron chi connectivity index (χ3n) is 3.33. The lowest BCUT2D eigenvalue weighted by Crippen LogP contribution is -2.45. The SMILES string of the molecule is NC(=S)Nc1cccc2c1CCC(NC(=O)C(F)(F)F)C2. The first-order valence-electron chi connectivity index (χ1n) is 6.32. The number of thiocarbonyl (C=S) groups is 1. The summed E-state index contributed by atoms with van der Waals surface area (Å²) in [5, 5.41) is 5.01. The van der Waals surface area contributed by atoms with E-state index in [1.807, 2.05) is 17.4 Å². The van der Waals surface area contributed by atoms with E-state index >= 15 is 0 Å². The highest BCUT2D eigenvalue weighted by Crippen LogP contribution is 2.28. The molecule has 1 aromatic rings. The fraction of sp³-hybridized carbons (Fsp3) is 0.385. The predicted molar refractivity (Wildman–Crippen MR) is 76.9 cm³/mol. The Kier molecular flexibility index (Phi) is 4.36. The van der Waals surface area contributed by atoms with Crippen molar-refractivity contribution in [3.8, 4) is 0 Å². The maximum atomic E-state index is 12.3. The van der Waals surface area contributed by atoms with Crippen molar-refractivity contribution in [2.75, 3.05) is 5.32 Å². The van der Waals surface area contributed by atoms with Gasteiger partial charge in [0.15, 0.2) is 5.11 Å². The van der Waals surface area contributed by atoms with Crippen molar-refractivity contribution in [1.82, 2.24) is 5.32 Å². The fourth-order valence-corrected chi connectivity index (χ4v) is 2.56. The monoisotopic (exact) mass is 317 g/mol. The minimum Gasteiger partial charge on any atom is -0.376 e. The molecular formula is C13H14F3N3OS. The molecule has 4 nitrogen and oxygen atoms in total. The van der Waals surface area contributed by atoms with Gasteiger partial charge in [-0.3, -0.25) is 4.79 Å². The van der Waals surface area contributed by atoms with E-state index in [4.69, 9.17) is 18.0 Å². The number of fused-ring (bicyclic) bond motifs is 1. The second-order valence-corrected chi connectivity index (χ2v) is 5.28. The normalized spacial score (nSPS) is 17.8. The second kappa shape index (κ2) is 5.88. The summed E-state index contributed by atoms with van der Waals surface area (Å²) in [5.74, 6) is -1.90. The number of nitrogens with one attached hydrogen (secondary N) is 2. The minimum absolute atomic E-state index is 0.135. The molecule has 0 saturated heterocycles. The zero-order valence-electron chi connectivity index (χ0n) is 11.0. The number of hydrogen-bond donors (Lipinski definition) is 3. The summed E-state index contributed by atoms with van der Waals surface area (Å²) in [4.78, 5) is 11.0. The number of carbonyl (C=O) groups is 1. The third kappa shape index (κ3) is 3.84. The van der Waals surface area contributed by atoms with Gasteiger partial charge in [-0.15, -0.1) is 0 Å². The maximum Gasteiger partial charge on any atom is 0.471 e. The van der Waals surface area contributed by atoms with Gasteiger partial charge in [-0.05, 0) is 48.7 Å². The largest absolute Gasteiger partial charge is 0.471 e. The van der Waals surface area contributed by atoms with Crippen LogP contribution in [0.2, 0.25) is 0 Å². The van der Waals surface area contributed by atoms with Crippen molar-refractivity contribution in [3.63, 3.8) is 0 Å². The molecule has 1 aliphatic carbocycles. The lowest BCUT2D eigenvalue weighted by molar-refractivity contribution is -0.174. The number of anilines is 1. The Morgan fingerprint density at radius 3 is 2.71 bits per heavy atom. The number of carbonyl (C=O) groups excluding carboxylic acids is 1. The molecule has 4 N–H and O–H groups in total. The molecule has 114 valence electrons. The zero-order valence-corrected chi connectivity index (χ0v) is 11.8. The first-order chi connectivity index (χ1) is 9.77. The van der Waals surface area contributed by atoms with Gasteiger partial charge in [-0.1, -0.05) is 12.1 Å². The Morgan fingerprint density at radius 1 is 1.38 bits per heavy atom. The molecule has 0 heterocycles. The lowest BCUT2D eigenvalue weighted by Gasteiger charge is -2.27. The molecule has 1 amide bonds. The van der Waals surface area contributed by atoms with Crippen molar-refractivity contribution in [3.05, 3.63) is 29.3 Å². The van der Waals surface area contributed by atoms with Crippen LogP contribution in [0.1, 0.15) is 17.5 Å². The molecule has 1 aliphatic rings. The summed E-state index contributed by atoms with van der Waals surface area (Å²) in [6.07, 6.45) is -3.52. The molecule has 0 fully saturated rings. The van der Waals surface area contributed by atoms with Gasteiger partial charge >= 0.3 is 12.1 Å². The maximum absolute atomic E-state index is 12.3. The molecule has 0 saturated carbocycles. The van der Waals surface area contributed by atoms with Crippen LogP contribution in [0, 0.1) is 0 Å². The molecule has 1 atom stereocenters. The van der Waals surface area contributed by atoms with Crippen molar-refractivity contribution in [1.29, 1.82) is 0 Å². The highest BCUT2D eigenvalue weighted by molar-refractivity contribution is 7.80. The van der Waals surface area contributed by atoms with Gasteiger partial charge in [0, 0.05) is 11.7 Å². The summed E-state index contributed by atoms with van der Waals surface area (Å²) in [7, 11) is 0. The third-order valence-corrected chi connectivity index (χ3v) is 3.43. The molecule has 1 unspecified atom stereocenters. The van der Waals surface area contributed by atoms with Crippen LogP contribution in [0.5, 0.6) is 0 Å². The summed E-state index contributed by atoms with van der Waals surface area (Å²) in [6, 6.07) is 4.89. The van der Waals surface area contributed by atoms with E-state index in [2.05, 4.69) is 5.32 Å². The number of halogens is 3. The van der Waals surface area contributed by atoms with Gasteiger partial charge in [0.1, 0.15) is 0 Å². The van der Waals surface area contributed by atoms with E-state index in [1.165, 1.54) is 0 Å². The number of benzene rings is 1. The molecule has 0 aliphatic heterocycles. The fourth-order valence-electron chi connectivity index (χ4n) is 2.45. The lowest BCUT2D eigenvalue weighted by atomic mass is 9.87. The number of hydrogen-bond acceptors (Lipinski definition) is 2. The minimum atomic E-state index is -4.85. The Labute approximate surface area is 124 Å². The number of rotatable bonds is 2. The standard InChI is InChI=1S/C13H14F3N3OS/c14-13(15,16)11(20)18-8-4-5-9-7(6-8)2-1-3-10(9)19-12(17)21/h1-3,8H,4-6H2,(H,18,20)(H3,17,19,21). The number of alkyl halides is 3. The first-order valence-corrected chi connectivity index (χ1v) is 6.73. The molecule has 2 rings (SSSR count). The van der Waals surface area contributed by atoms with Gasteiger partial charge < -0.3 is 16.4 Å². The van der Waals surface area contributed by atoms with E-state index < -0.39 is 18.1 Å². The second-order valence-electron chi connectivity index (χ2n) is 4.84. The predicted octanol–water partition coefficient (Wildman–Crippen LogP) is 1.88. The van der Waals surface area contributed by atoms with Crippen LogP contribution in [-0.2, 0) is 17.6 Å². The molecular weight excluding hydrogens is 303 g/mol. The van der Waals surface area contributed by atoms with Crippen LogP contribution in [-0.4, -0.2) is 23.2 Å². The van der Waals surface area contributed by atoms with Crippen LogP contribution < -0.4 is 16.4 Å². The zero-order chi connectivity index (χ0) is 15.6. The molecule has 21 heavy (non-hydrogen) atoms. The quantitative estimate of drug-likeness (QED) is 0.729. The number of amides is 1. The van der Waals surface area contributed by atoms with Crippen molar-refractivity contribution < 1.29 is 18.0 Å². The van der Waals surface area contributed by atoms with Crippen molar-refractivity contribution in [2.45, 2.75) is 31.5 Å². The first kappa shape index (κ1) is 15.6. The van der Waals surface area contributed by atoms with Gasteiger partial charge in [-0.2, -0.15) is 13.2 Å². The molecule has 0 bridgehead atoms. The highest BCUT2D eigenvalue weighted by Gasteiger charge is 2.40. The Morgan fingerprint density at radius 2 is 2.10 bits per heavy atom. The van der Waals surface area contributed by atoms with E-state index in [0.29, 0.717) is 19.3 Å². The van der Waals surface area contributed by atoms with Gasteiger partial charge in [0.2, 0.25) is 0 Å². The van der Waals surface area contributed by atoms with Crippen LogP contribution >= 0.6 is 12.2 Å². The van der Waals surface area contributed by atoms with Crippen molar-refractivity contribution in [2.24, 2.45) is 5.73 Å². The van der Waals surface area contributed by atoms with Gasteiger partial charge in [0.25, 0.3) is 0 Å².